The van der Waals surface area contributed by atoms with Gasteiger partial charge >= 0.3 is 0 Å². The topological polar surface area (TPSA) is 44.5 Å². The molecular weight excluding hydrogens is 322 g/mol. The minimum absolute atomic E-state index is 0.467. The van der Waals surface area contributed by atoms with Gasteiger partial charge in [-0.1, -0.05) is 13.8 Å². The Morgan fingerprint density at radius 3 is 2.40 bits per heavy atom. The van der Waals surface area contributed by atoms with Crippen molar-refractivity contribution in [2.24, 2.45) is 0 Å². The molecule has 0 aliphatic heterocycles. The summed E-state index contributed by atoms with van der Waals surface area (Å²) in [6.45, 7) is 5.49. The van der Waals surface area contributed by atoms with Crippen LogP contribution in [0.1, 0.15) is 26.7 Å². The largest absolute Gasteiger partial charge is 0.490 e. The third-order valence-electron chi connectivity index (χ3n) is 2.64. The van der Waals surface area contributed by atoms with Crippen LogP contribution in [0.3, 0.4) is 0 Å². The Labute approximate surface area is 127 Å². The first kappa shape index (κ1) is 14.9. The Bertz CT molecular complexity index is 554. The molecule has 1 aromatic carbocycles. The van der Waals surface area contributed by atoms with Crippen molar-refractivity contribution in [3.05, 3.63) is 29.3 Å². The minimum Gasteiger partial charge on any atom is -0.490 e. The molecule has 2 aromatic rings. The fraction of sp³-hybridized carbons (Fsp3) is 0.400. The first-order valence-electron chi connectivity index (χ1n) is 6.75. The van der Waals surface area contributed by atoms with Crippen molar-refractivity contribution in [2.75, 3.05) is 13.2 Å². The second-order valence-corrected chi connectivity index (χ2v) is 5.02. The molecule has 0 radical (unpaired) electrons. The zero-order valence-corrected chi connectivity index (χ0v) is 13.3. The number of aromatic nitrogens is 1. The van der Waals surface area contributed by atoms with E-state index in [1.54, 1.807) is 6.26 Å². The van der Waals surface area contributed by atoms with Crippen LogP contribution in [0, 0.1) is 0 Å². The maximum atomic E-state index is 5.76. The van der Waals surface area contributed by atoms with Gasteiger partial charge in [-0.2, -0.15) is 0 Å². The molecule has 0 amide bonds. The number of ether oxygens (including phenoxy) is 2. The second-order valence-electron chi connectivity index (χ2n) is 4.34. The van der Waals surface area contributed by atoms with E-state index in [9.17, 15) is 0 Å². The predicted octanol–water partition coefficient (Wildman–Crippen LogP) is 4.68. The van der Waals surface area contributed by atoms with E-state index < -0.39 is 0 Å². The van der Waals surface area contributed by atoms with Crippen LogP contribution in [-0.4, -0.2) is 18.2 Å². The van der Waals surface area contributed by atoms with Crippen LogP contribution in [0.15, 0.2) is 33.7 Å². The number of rotatable bonds is 7. The van der Waals surface area contributed by atoms with E-state index in [2.05, 4.69) is 34.8 Å². The van der Waals surface area contributed by atoms with Crippen molar-refractivity contribution in [1.82, 2.24) is 4.98 Å². The Kier molecular flexibility index (Phi) is 5.47. The van der Waals surface area contributed by atoms with Gasteiger partial charge in [-0.05, 0) is 31.0 Å². The predicted molar refractivity (Wildman–Crippen MR) is 81.2 cm³/mol. The van der Waals surface area contributed by atoms with Gasteiger partial charge in [0.15, 0.2) is 11.5 Å². The van der Waals surface area contributed by atoms with Gasteiger partial charge in [0.2, 0.25) is 0 Å². The molecule has 0 N–H and O–H groups in total. The normalized spacial score (nSPS) is 10.6. The summed E-state index contributed by atoms with van der Waals surface area (Å²) in [6.07, 6.45) is 3.52. The van der Waals surface area contributed by atoms with Gasteiger partial charge < -0.3 is 13.9 Å². The molecule has 0 saturated heterocycles. The van der Waals surface area contributed by atoms with Crippen LogP contribution in [0.5, 0.6) is 11.5 Å². The lowest BCUT2D eigenvalue weighted by atomic mass is 10.1. The summed E-state index contributed by atoms with van der Waals surface area (Å²) in [6, 6.07) is 5.80. The number of nitrogens with zero attached hydrogens (tertiary/aromatic N) is 1. The maximum Gasteiger partial charge on any atom is 0.264 e. The molecule has 1 heterocycles. The van der Waals surface area contributed by atoms with E-state index in [0.717, 1.165) is 35.6 Å². The summed E-state index contributed by atoms with van der Waals surface area (Å²) in [5, 5.41) is 0. The van der Waals surface area contributed by atoms with Gasteiger partial charge in [0.05, 0.1) is 13.2 Å². The average Bonchev–Trinajstić information content (AvgIpc) is 2.90. The third-order valence-corrected chi connectivity index (χ3v) is 3.00. The lowest BCUT2D eigenvalue weighted by Crippen LogP contribution is -2.01. The van der Waals surface area contributed by atoms with E-state index in [4.69, 9.17) is 13.9 Å². The Hall–Kier alpha value is -1.49. The number of hydrogen-bond donors (Lipinski definition) is 0. The highest BCUT2D eigenvalue weighted by Gasteiger charge is 2.10. The molecule has 0 atom stereocenters. The number of hydrogen-bond acceptors (Lipinski definition) is 4. The van der Waals surface area contributed by atoms with E-state index in [0.29, 0.717) is 18.0 Å². The van der Waals surface area contributed by atoms with Crippen LogP contribution >= 0.6 is 15.9 Å². The van der Waals surface area contributed by atoms with Crippen LogP contribution in [0.2, 0.25) is 0 Å². The van der Waals surface area contributed by atoms with Crippen molar-refractivity contribution in [2.45, 2.75) is 26.7 Å². The standard InChI is InChI=1S/C15H18BrNO3/c1-3-7-18-13-6-5-11(9-14(13)19-8-4-2)12-10-20-15(16)17-12/h5-6,9-10H,3-4,7-8H2,1-2H3. The van der Waals surface area contributed by atoms with Crippen LogP contribution in [0.4, 0.5) is 0 Å². The summed E-state index contributed by atoms with van der Waals surface area (Å²) >= 11 is 3.20. The monoisotopic (exact) mass is 339 g/mol. The molecule has 0 aliphatic carbocycles. The molecule has 20 heavy (non-hydrogen) atoms. The van der Waals surface area contributed by atoms with Crippen LogP contribution in [0.25, 0.3) is 11.3 Å². The Morgan fingerprint density at radius 1 is 1.10 bits per heavy atom. The van der Waals surface area contributed by atoms with Gasteiger partial charge in [0, 0.05) is 21.5 Å². The van der Waals surface area contributed by atoms with Gasteiger partial charge in [-0.3, -0.25) is 0 Å². The Morgan fingerprint density at radius 2 is 1.80 bits per heavy atom. The van der Waals surface area contributed by atoms with Crippen molar-refractivity contribution >= 4 is 15.9 Å². The highest BCUT2D eigenvalue weighted by molar-refractivity contribution is 9.10. The van der Waals surface area contributed by atoms with Crippen LogP contribution < -0.4 is 9.47 Å². The smallest absolute Gasteiger partial charge is 0.264 e. The molecule has 108 valence electrons. The van der Waals surface area contributed by atoms with Crippen LogP contribution in [-0.2, 0) is 0 Å². The molecule has 2 rings (SSSR count). The molecule has 0 aliphatic rings. The summed E-state index contributed by atoms with van der Waals surface area (Å²) in [5.74, 6) is 1.52. The summed E-state index contributed by atoms with van der Waals surface area (Å²) < 4.78 is 16.6. The average molecular weight is 340 g/mol. The summed E-state index contributed by atoms with van der Waals surface area (Å²) in [5.41, 5.74) is 1.70. The second kappa shape index (κ2) is 7.33. The Balaban J connectivity index is 2.26. The van der Waals surface area contributed by atoms with E-state index in [1.807, 2.05) is 18.2 Å². The van der Waals surface area contributed by atoms with E-state index in [1.165, 1.54) is 0 Å². The minimum atomic E-state index is 0.467. The van der Waals surface area contributed by atoms with Crippen molar-refractivity contribution in [1.29, 1.82) is 0 Å². The summed E-state index contributed by atoms with van der Waals surface area (Å²) in [4.78, 5) is 4.72. The van der Waals surface area contributed by atoms with E-state index >= 15 is 0 Å². The molecular formula is C15H18BrNO3. The third kappa shape index (κ3) is 3.76. The first-order valence-corrected chi connectivity index (χ1v) is 7.55. The molecule has 0 spiro atoms. The molecule has 0 bridgehead atoms. The quantitative estimate of drug-likeness (QED) is 0.734. The first-order chi connectivity index (χ1) is 9.74. The zero-order valence-electron chi connectivity index (χ0n) is 11.7. The van der Waals surface area contributed by atoms with Gasteiger partial charge in [-0.25, -0.2) is 4.98 Å². The van der Waals surface area contributed by atoms with Crippen molar-refractivity contribution in [3.8, 4) is 22.8 Å². The molecule has 0 saturated carbocycles. The number of halogens is 1. The SMILES string of the molecule is CCCOc1ccc(-c2coc(Br)n2)cc1OCCC. The molecule has 5 heteroatoms. The summed E-state index contributed by atoms with van der Waals surface area (Å²) in [7, 11) is 0. The number of oxazole rings is 1. The lowest BCUT2D eigenvalue weighted by Gasteiger charge is -2.12. The highest BCUT2D eigenvalue weighted by Crippen LogP contribution is 2.33. The molecule has 4 nitrogen and oxygen atoms in total. The highest BCUT2D eigenvalue weighted by atomic mass is 79.9. The van der Waals surface area contributed by atoms with Crippen molar-refractivity contribution in [3.63, 3.8) is 0 Å². The van der Waals surface area contributed by atoms with Gasteiger partial charge in [0.1, 0.15) is 12.0 Å². The fourth-order valence-electron chi connectivity index (χ4n) is 1.71. The van der Waals surface area contributed by atoms with Gasteiger partial charge in [0.25, 0.3) is 4.80 Å². The number of benzene rings is 1. The lowest BCUT2D eigenvalue weighted by molar-refractivity contribution is 0.268. The maximum absolute atomic E-state index is 5.76. The zero-order chi connectivity index (χ0) is 14.4. The fourth-order valence-corrected chi connectivity index (χ4v) is 1.99. The molecule has 0 unspecified atom stereocenters. The van der Waals surface area contributed by atoms with Crippen molar-refractivity contribution < 1.29 is 13.9 Å². The molecule has 1 aromatic heterocycles. The van der Waals surface area contributed by atoms with E-state index in [-0.39, 0.29) is 0 Å². The molecule has 0 fully saturated rings. The van der Waals surface area contributed by atoms with Gasteiger partial charge in [-0.15, -0.1) is 0 Å².